The van der Waals surface area contributed by atoms with E-state index < -0.39 is 89.4 Å². The first kappa shape index (κ1) is 52.2. The average Bonchev–Trinajstić information content (AvgIpc) is 4.03. The molecule has 0 unspecified atom stereocenters. The number of benzene rings is 3. The van der Waals surface area contributed by atoms with Crippen molar-refractivity contribution >= 4 is 63.9 Å². The predicted octanol–water partition coefficient (Wildman–Crippen LogP) is 1.09. The molecule has 0 radical (unpaired) electrons. The number of guanidine groups is 1. The molecule has 1 fully saturated rings. The molecule has 20 nitrogen and oxygen atoms in total. The first-order valence-corrected chi connectivity index (χ1v) is 23.7. The highest BCUT2D eigenvalue weighted by molar-refractivity contribution is 5.98. The van der Waals surface area contributed by atoms with Crippen molar-refractivity contribution in [2.75, 3.05) is 13.1 Å². The molecule has 1 aliphatic rings. The van der Waals surface area contributed by atoms with E-state index in [1.807, 2.05) is 24.3 Å². The summed E-state index contributed by atoms with van der Waals surface area (Å²) in [5.41, 5.74) is 20.4. The van der Waals surface area contributed by atoms with Crippen LogP contribution in [0.5, 0.6) is 0 Å². The van der Waals surface area contributed by atoms with Crippen LogP contribution >= 0.6 is 0 Å². The lowest BCUT2D eigenvalue weighted by molar-refractivity contribution is -0.135. The van der Waals surface area contributed by atoms with Gasteiger partial charge in [0.2, 0.25) is 35.4 Å². The van der Waals surface area contributed by atoms with Gasteiger partial charge in [-0.25, -0.2) is 4.98 Å². The van der Waals surface area contributed by atoms with Crippen LogP contribution in [0.4, 0.5) is 0 Å². The molecule has 1 aliphatic heterocycles. The van der Waals surface area contributed by atoms with Crippen LogP contribution in [0, 0.1) is 11.8 Å². The molecule has 0 spiro atoms. The third kappa shape index (κ3) is 16.2. The van der Waals surface area contributed by atoms with Crippen molar-refractivity contribution in [3.05, 3.63) is 126 Å². The Kier molecular flexibility index (Phi) is 19.1. The van der Waals surface area contributed by atoms with Gasteiger partial charge < -0.3 is 53.8 Å². The summed E-state index contributed by atoms with van der Waals surface area (Å²) in [6.45, 7) is 0.0280. The van der Waals surface area contributed by atoms with Gasteiger partial charge in [0.1, 0.15) is 23.9 Å². The highest BCUT2D eigenvalue weighted by Crippen LogP contribution is 2.24. The van der Waals surface area contributed by atoms with Crippen LogP contribution in [-0.4, -0.2) is 105 Å². The minimum Gasteiger partial charge on any atom is -0.370 e. The van der Waals surface area contributed by atoms with Crippen LogP contribution in [0.2, 0.25) is 0 Å². The van der Waals surface area contributed by atoms with E-state index in [1.165, 1.54) is 12.5 Å². The molecule has 374 valence electrons. The second-order valence-electron chi connectivity index (χ2n) is 17.8. The standard InChI is InChI=1S/C51H62N12O8/c52-47(68)41(24-35-28-58-38-16-8-7-15-37(35)38)62-48(69)34-19-21-56-45(66)18-17-39(60-46(67)23-32-12-5-2-6-13-32)49(70)63-42(27-36-29-55-30-59-36)50(71)61-40(22-31-10-3-1-4-11-31)44(65)25-33(43(64)26-34)14-9-20-57-51(53)54/h1-8,10-13,15-16,28-30,33-34,39-42,58H,9,14,17-27H2,(H2,52,68)(H,55,59)(H,56,66)(H,60,67)(H,61,71)(H,62,69)(H,63,70)(H4,53,54,57)/t33-,34-,39+,40-,41+,42+/m1/s1. The Morgan fingerprint density at radius 3 is 2.18 bits per heavy atom. The van der Waals surface area contributed by atoms with E-state index in [-0.39, 0.29) is 83.3 Å². The fraction of sp³-hybridized carbons (Fsp3) is 0.373. The van der Waals surface area contributed by atoms with Crippen molar-refractivity contribution in [1.82, 2.24) is 41.5 Å². The number of fused-ring (bicyclic) bond motifs is 1. The second-order valence-corrected chi connectivity index (χ2v) is 17.8. The Labute approximate surface area is 410 Å². The highest BCUT2D eigenvalue weighted by Gasteiger charge is 2.35. The van der Waals surface area contributed by atoms with Crippen molar-refractivity contribution < 1.29 is 38.4 Å². The van der Waals surface area contributed by atoms with E-state index >= 15 is 0 Å². The summed E-state index contributed by atoms with van der Waals surface area (Å²) >= 11 is 0. The normalized spacial score (nSPS) is 20.2. The first-order valence-electron chi connectivity index (χ1n) is 23.7. The van der Waals surface area contributed by atoms with Crippen LogP contribution in [0.15, 0.2) is 109 Å². The van der Waals surface area contributed by atoms with E-state index in [0.29, 0.717) is 16.8 Å². The number of nitrogens with one attached hydrogen (secondary N) is 7. The third-order valence-corrected chi connectivity index (χ3v) is 12.4. The summed E-state index contributed by atoms with van der Waals surface area (Å²) in [6.07, 6.45) is 3.62. The fourth-order valence-corrected chi connectivity index (χ4v) is 8.59. The number of hydrogen-bond acceptors (Lipinski definition) is 10. The Hall–Kier alpha value is -8.16. The number of ketones is 2. The maximum absolute atomic E-state index is 14.7. The number of carbonyl (C=O) groups excluding carboxylic acids is 8. The molecule has 5 aromatic rings. The summed E-state index contributed by atoms with van der Waals surface area (Å²) in [6, 6.07) is 20.2. The zero-order valence-corrected chi connectivity index (χ0v) is 39.4. The lowest BCUT2D eigenvalue weighted by Gasteiger charge is -2.26. The van der Waals surface area contributed by atoms with Crippen molar-refractivity contribution in [2.24, 2.45) is 34.0 Å². The lowest BCUT2D eigenvalue weighted by Crippen LogP contribution is -2.57. The third-order valence-electron chi connectivity index (χ3n) is 12.4. The molecule has 71 heavy (non-hydrogen) atoms. The number of aliphatic imine (C=N–C) groups is 1. The zero-order chi connectivity index (χ0) is 50.7. The molecule has 2 aromatic heterocycles. The van der Waals surface area contributed by atoms with Crippen LogP contribution in [0.1, 0.15) is 67.3 Å². The summed E-state index contributed by atoms with van der Waals surface area (Å²) < 4.78 is 0. The SMILES string of the molecule is NC(=O)[C@H](Cc1c[nH]c2ccccc12)NC(=O)[C@@H]1CCNC(=O)CC[C@H](NC(=O)Cc2ccccc2)C(=O)N[C@@H](Cc2cnc[nH]2)C(=O)N[C@H](Cc2ccccc2)C(=O)C[C@@H](CCCN=C(N)N)C(=O)C1. The molecule has 3 aromatic carbocycles. The molecule has 6 amide bonds. The topological polar surface area (TPSA) is 332 Å². The van der Waals surface area contributed by atoms with Crippen molar-refractivity contribution in [1.29, 1.82) is 0 Å². The number of imidazole rings is 1. The van der Waals surface area contributed by atoms with Gasteiger partial charge in [0.25, 0.3) is 0 Å². The van der Waals surface area contributed by atoms with E-state index in [9.17, 15) is 38.4 Å². The molecule has 20 heteroatoms. The summed E-state index contributed by atoms with van der Waals surface area (Å²) in [5.74, 6) is -7.26. The Morgan fingerprint density at radius 2 is 1.48 bits per heavy atom. The number of H-pyrrole nitrogens is 2. The first-order chi connectivity index (χ1) is 34.2. The van der Waals surface area contributed by atoms with Crippen LogP contribution in [0.25, 0.3) is 10.9 Å². The predicted molar refractivity (Wildman–Crippen MR) is 265 cm³/mol. The number of para-hydroxylation sites is 1. The van der Waals surface area contributed by atoms with Gasteiger partial charge in [0.05, 0.1) is 18.8 Å². The molecule has 3 heterocycles. The Morgan fingerprint density at radius 1 is 0.775 bits per heavy atom. The van der Waals surface area contributed by atoms with Crippen molar-refractivity contribution in [3.63, 3.8) is 0 Å². The highest BCUT2D eigenvalue weighted by atomic mass is 16.2. The van der Waals surface area contributed by atoms with E-state index in [1.54, 1.807) is 66.9 Å². The van der Waals surface area contributed by atoms with Gasteiger partial charge in [-0.2, -0.15) is 0 Å². The number of nitrogens with two attached hydrogens (primary N) is 3. The van der Waals surface area contributed by atoms with Gasteiger partial charge in [-0.15, -0.1) is 0 Å². The summed E-state index contributed by atoms with van der Waals surface area (Å²) in [4.78, 5) is 126. The van der Waals surface area contributed by atoms with E-state index in [0.717, 1.165) is 16.5 Å². The number of carbonyl (C=O) groups is 8. The van der Waals surface area contributed by atoms with Gasteiger partial charge in [0, 0.05) is 86.0 Å². The number of rotatable bonds is 16. The quantitative estimate of drug-likeness (QED) is 0.0379. The monoisotopic (exact) mass is 970 g/mol. The molecule has 6 atom stereocenters. The molecular weight excluding hydrogens is 909 g/mol. The van der Waals surface area contributed by atoms with E-state index in [4.69, 9.17) is 17.2 Å². The van der Waals surface area contributed by atoms with Gasteiger partial charge in [0.15, 0.2) is 11.7 Å². The van der Waals surface area contributed by atoms with Gasteiger partial charge in [-0.05, 0) is 54.9 Å². The second kappa shape index (κ2) is 26.0. The zero-order valence-electron chi connectivity index (χ0n) is 39.4. The Bertz CT molecular complexity index is 2650. The number of aromatic amines is 2. The Balaban J connectivity index is 1.32. The van der Waals surface area contributed by atoms with Gasteiger partial charge >= 0.3 is 0 Å². The van der Waals surface area contributed by atoms with Crippen molar-refractivity contribution in [3.8, 4) is 0 Å². The molecule has 6 rings (SSSR count). The minimum absolute atomic E-state index is 0.0208. The molecule has 0 bridgehead atoms. The number of amides is 6. The number of Topliss-reactive ketones (excluding diaryl/α,β-unsaturated/α-hetero) is 2. The smallest absolute Gasteiger partial charge is 0.243 e. The molecule has 0 saturated carbocycles. The molecule has 1 saturated heterocycles. The van der Waals surface area contributed by atoms with Crippen LogP contribution in [-0.2, 0) is 64.0 Å². The van der Waals surface area contributed by atoms with Crippen LogP contribution in [0.3, 0.4) is 0 Å². The minimum atomic E-state index is -1.31. The number of hydrogen-bond donors (Lipinski definition) is 10. The van der Waals surface area contributed by atoms with E-state index in [2.05, 4.69) is 46.5 Å². The molecular formula is C51H62N12O8. The number of primary amides is 1. The number of aromatic nitrogens is 3. The number of nitrogens with zero attached hydrogens (tertiary/aromatic N) is 2. The summed E-state index contributed by atoms with van der Waals surface area (Å²) in [7, 11) is 0. The maximum atomic E-state index is 14.7. The largest absolute Gasteiger partial charge is 0.370 e. The average molecular weight is 971 g/mol. The molecule has 0 aliphatic carbocycles. The van der Waals surface area contributed by atoms with Crippen molar-refractivity contribution in [2.45, 2.75) is 94.8 Å². The van der Waals surface area contributed by atoms with Gasteiger partial charge in [-0.3, -0.25) is 43.3 Å². The summed E-state index contributed by atoms with van der Waals surface area (Å²) in [5, 5.41) is 14.7. The molecule has 13 N–H and O–H groups in total. The lowest BCUT2D eigenvalue weighted by atomic mass is 9.84. The maximum Gasteiger partial charge on any atom is 0.243 e. The van der Waals surface area contributed by atoms with Gasteiger partial charge in [-0.1, -0.05) is 78.9 Å². The van der Waals surface area contributed by atoms with Crippen LogP contribution < -0.4 is 43.8 Å². The fourth-order valence-electron chi connectivity index (χ4n) is 8.59.